The summed E-state index contributed by atoms with van der Waals surface area (Å²) in [6.07, 6.45) is -2.77. The van der Waals surface area contributed by atoms with E-state index in [1.807, 2.05) is 19.1 Å². The number of nitrogens with zero attached hydrogens (tertiary/aromatic N) is 4. The molecule has 0 bridgehead atoms. The van der Waals surface area contributed by atoms with Gasteiger partial charge in [-0.15, -0.1) is 22.0 Å². The van der Waals surface area contributed by atoms with Crippen LogP contribution in [0.25, 0.3) is 10.7 Å². The van der Waals surface area contributed by atoms with Gasteiger partial charge >= 0.3 is 6.18 Å². The second-order valence-electron chi connectivity index (χ2n) is 5.83. The number of alkyl halides is 3. The van der Waals surface area contributed by atoms with Crippen molar-refractivity contribution in [2.24, 2.45) is 0 Å². The molecule has 0 unspecified atom stereocenters. The number of unbranched alkanes of at least 4 members (excludes halogenated alkanes) is 1. The number of hydrogen-bond donors (Lipinski definition) is 0. The van der Waals surface area contributed by atoms with E-state index >= 15 is 0 Å². The third-order valence-electron chi connectivity index (χ3n) is 3.61. The molecule has 0 fully saturated rings. The van der Waals surface area contributed by atoms with Gasteiger partial charge in [-0.1, -0.05) is 6.07 Å². The zero-order chi connectivity index (χ0) is 20.0. The Bertz CT molecular complexity index is 900. The van der Waals surface area contributed by atoms with Crippen molar-refractivity contribution in [2.45, 2.75) is 31.0 Å². The number of ether oxygens (including phenoxy) is 1. The molecule has 148 valence electrons. The minimum Gasteiger partial charge on any atom is -0.494 e. The van der Waals surface area contributed by atoms with E-state index in [2.05, 4.69) is 19.6 Å². The Labute approximate surface area is 168 Å². The highest BCUT2D eigenvalue weighted by Gasteiger charge is 2.30. The van der Waals surface area contributed by atoms with Crippen LogP contribution in [0.2, 0.25) is 0 Å². The number of aryl methyl sites for hydroxylation is 1. The molecular weight excluding hydrogens is 409 g/mol. The summed E-state index contributed by atoms with van der Waals surface area (Å²) in [5, 5.41) is 9.89. The van der Waals surface area contributed by atoms with Gasteiger partial charge in [0.05, 0.1) is 12.2 Å². The van der Waals surface area contributed by atoms with Crippen molar-refractivity contribution in [3.63, 3.8) is 0 Å². The smallest absolute Gasteiger partial charge is 0.416 e. The van der Waals surface area contributed by atoms with Crippen LogP contribution in [0.4, 0.5) is 13.2 Å². The molecule has 10 heteroatoms. The van der Waals surface area contributed by atoms with E-state index < -0.39 is 11.7 Å². The first kappa shape index (κ1) is 20.5. The molecule has 0 N–H and O–H groups in total. The van der Waals surface area contributed by atoms with Gasteiger partial charge in [0.1, 0.15) is 22.3 Å². The molecule has 0 spiro atoms. The fourth-order valence-electron chi connectivity index (χ4n) is 2.25. The first-order valence-electron chi connectivity index (χ1n) is 8.49. The molecule has 2 heterocycles. The molecule has 0 radical (unpaired) electrons. The Morgan fingerprint density at radius 2 is 1.96 bits per heavy atom. The Balaban J connectivity index is 1.37. The monoisotopic (exact) mass is 426 g/mol. The lowest BCUT2D eigenvalue weighted by Gasteiger charge is -2.10. The lowest BCUT2D eigenvalue weighted by molar-refractivity contribution is -0.137. The molecule has 0 saturated heterocycles. The molecule has 28 heavy (non-hydrogen) atoms. The molecule has 0 saturated carbocycles. The molecule has 5 nitrogen and oxygen atoms in total. The van der Waals surface area contributed by atoms with Gasteiger partial charge in [0.2, 0.25) is 0 Å². The average molecular weight is 426 g/mol. The van der Waals surface area contributed by atoms with Crippen molar-refractivity contribution in [3.8, 4) is 16.5 Å². The molecule has 0 aliphatic heterocycles. The summed E-state index contributed by atoms with van der Waals surface area (Å²) in [7, 11) is 0. The number of hydrogen-bond acceptors (Lipinski definition) is 7. The minimum atomic E-state index is -4.36. The Morgan fingerprint density at radius 1 is 1.11 bits per heavy atom. The first-order valence-corrected chi connectivity index (χ1v) is 10.2. The molecule has 0 aliphatic carbocycles. The third kappa shape index (κ3) is 5.90. The van der Waals surface area contributed by atoms with Crippen molar-refractivity contribution in [1.82, 2.24) is 19.6 Å². The number of rotatable bonds is 8. The molecular formula is C18H17F3N4OS2. The Hall–Kier alpha value is -2.20. The topological polar surface area (TPSA) is 60.8 Å². The summed E-state index contributed by atoms with van der Waals surface area (Å²) in [5.41, 5.74) is -0.00398. The Morgan fingerprint density at radius 3 is 2.64 bits per heavy atom. The summed E-state index contributed by atoms with van der Waals surface area (Å²) < 4.78 is 47.5. The summed E-state index contributed by atoms with van der Waals surface area (Å²) >= 11 is 2.86. The molecule has 3 aromatic rings. The van der Waals surface area contributed by atoms with Gasteiger partial charge in [-0.2, -0.15) is 17.5 Å². The lowest BCUT2D eigenvalue weighted by Crippen LogP contribution is -2.05. The van der Waals surface area contributed by atoms with Crippen LogP contribution in [-0.4, -0.2) is 31.9 Å². The fraction of sp³-hybridized carbons (Fsp3) is 0.333. The highest BCUT2D eigenvalue weighted by atomic mass is 32.2. The highest BCUT2D eigenvalue weighted by Crippen LogP contribution is 2.31. The molecule has 1 aromatic carbocycles. The van der Waals surface area contributed by atoms with E-state index in [9.17, 15) is 13.2 Å². The van der Waals surface area contributed by atoms with E-state index in [4.69, 9.17) is 4.74 Å². The summed E-state index contributed by atoms with van der Waals surface area (Å²) in [6.45, 7) is 2.19. The normalized spacial score (nSPS) is 11.6. The van der Waals surface area contributed by atoms with Crippen LogP contribution in [0.1, 0.15) is 24.2 Å². The molecule has 0 amide bonds. The summed E-state index contributed by atoms with van der Waals surface area (Å²) in [6, 6.07) is 8.68. The minimum absolute atomic E-state index is 0.232. The lowest BCUT2D eigenvalue weighted by atomic mass is 10.2. The largest absolute Gasteiger partial charge is 0.494 e. The van der Waals surface area contributed by atoms with Crippen LogP contribution < -0.4 is 4.74 Å². The average Bonchev–Trinajstić information content (AvgIpc) is 3.11. The quantitative estimate of drug-likeness (QED) is 0.361. The summed E-state index contributed by atoms with van der Waals surface area (Å²) in [4.78, 5) is 4.27. The van der Waals surface area contributed by atoms with Crippen LogP contribution in [0.3, 0.4) is 0 Å². The predicted molar refractivity (Wildman–Crippen MR) is 103 cm³/mol. The van der Waals surface area contributed by atoms with Crippen LogP contribution in [0, 0.1) is 6.92 Å². The van der Waals surface area contributed by atoms with Gasteiger partial charge in [0.15, 0.2) is 5.01 Å². The number of aromatic nitrogens is 4. The molecule has 2 aromatic heterocycles. The zero-order valence-corrected chi connectivity index (χ0v) is 16.6. The maximum Gasteiger partial charge on any atom is 0.416 e. The van der Waals surface area contributed by atoms with E-state index in [0.29, 0.717) is 18.1 Å². The van der Waals surface area contributed by atoms with Crippen LogP contribution in [-0.2, 0) is 6.18 Å². The number of halogens is 3. The maximum atomic E-state index is 12.7. The van der Waals surface area contributed by atoms with E-state index in [-0.39, 0.29) is 5.75 Å². The Kier molecular flexibility index (Phi) is 6.84. The second-order valence-corrected chi connectivity index (χ2v) is 7.70. The van der Waals surface area contributed by atoms with Crippen LogP contribution in [0.5, 0.6) is 5.75 Å². The van der Waals surface area contributed by atoms with Crippen molar-refractivity contribution in [1.29, 1.82) is 0 Å². The summed E-state index contributed by atoms with van der Waals surface area (Å²) in [5.74, 6) is 1.76. The van der Waals surface area contributed by atoms with Crippen molar-refractivity contribution < 1.29 is 17.9 Å². The standard InChI is InChI=1S/C18H17F3N4OS2/c1-12-22-17(28-25-12)15-7-8-16(24-23-15)27-10-3-2-9-26-14-6-4-5-13(11-14)18(19,20)21/h4-8,11H,2-3,9-10H2,1H3. The highest BCUT2D eigenvalue weighted by molar-refractivity contribution is 7.99. The van der Waals surface area contributed by atoms with Gasteiger partial charge < -0.3 is 4.74 Å². The third-order valence-corrected chi connectivity index (χ3v) is 5.44. The van der Waals surface area contributed by atoms with Gasteiger partial charge in [0.25, 0.3) is 0 Å². The predicted octanol–water partition coefficient (Wildman–Crippen LogP) is 5.27. The SMILES string of the molecule is Cc1nsc(-c2ccc(SCCCCOc3cccc(C(F)(F)F)c3)nn2)n1. The fourth-order valence-corrected chi connectivity index (χ4v) is 3.70. The van der Waals surface area contributed by atoms with E-state index in [1.54, 1.807) is 11.8 Å². The maximum absolute atomic E-state index is 12.7. The van der Waals surface area contributed by atoms with Crippen LogP contribution in [0.15, 0.2) is 41.4 Å². The number of benzene rings is 1. The molecule has 0 aliphatic rings. The van der Waals surface area contributed by atoms with Crippen molar-refractivity contribution in [3.05, 3.63) is 47.8 Å². The number of thioether (sulfide) groups is 1. The first-order chi connectivity index (χ1) is 13.4. The van der Waals surface area contributed by atoms with E-state index in [0.717, 1.165) is 40.8 Å². The van der Waals surface area contributed by atoms with Gasteiger partial charge in [-0.05, 0) is 67.4 Å². The van der Waals surface area contributed by atoms with Gasteiger partial charge in [-0.25, -0.2) is 4.98 Å². The molecule has 3 rings (SSSR count). The van der Waals surface area contributed by atoms with Crippen LogP contribution >= 0.6 is 23.3 Å². The van der Waals surface area contributed by atoms with Crippen molar-refractivity contribution >= 4 is 23.3 Å². The van der Waals surface area contributed by atoms with Crippen molar-refractivity contribution in [2.75, 3.05) is 12.4 Å². The van der Waals surface area contributed by atoms with E-state index in [1.165, 1.54) is 23.7 Å². The molecule has 0 atom stereocenters. The van der Waals surface area contributed by atoms with Gasteiger partial charge in [0, 0.05) is 0 Å². The second kappa shape index (κ2) is 9.33. The van der Waals surface area contributed by atoms with Gasteiger partial charge in [-0.3, -0.25) is 0 Å². The zero-order valence-electron chi connectivity index (χ0n) is 14.9.